The second-order valence-electron chi connectivity index (χ2n) is 4.90. The molecule has 16 heavy (non-hydrogen) atoms. The third-order valence-corrected chi connectivity index (χ3v) is 3.12. The SMILES string of the molecule is CNCCN1CCN(CCNC(C)C)CC1.[HH].[HH]. The highest BCUT2D eigenvalue weighted by atomic mass is 15.3. The number of piperazine rings is 1. The molecule has 0 aliphatic carbocycles. The lowest BCUT2D eigenvalue weighted by atomic mass is 10.3. The van der Waals surface area contributed by atoms with E-state index in [1.807, 2.05) is 7.05 Å². The minimum atomic E-state index is 0. The minimum absolute atomic E-state index is 0. The summed E-state index contributed by atoms with van der Waals surface area (Å²) in [4.78, 5) is 5.11. The van der Waals surface area contributed by atoms with E-state index in [1.54, 1.807) is 0 Å². The smallest absolute Gasteiger partial charge is 0.0110 e. The quantitative estimate of drug-likeness (QED) is 0.661. The summed E-state index contributed by atoms with van der Waals surface area (Å²) in [5.74, 6) is 0. The molecule has 4 nitrogen and oxygen atoms in total. The summed E-state index contributed by atoms with van der Waals surface area (Å²) in [5.41, 5.74) is 0. The Bertz CT molecular complexity index is 173. The Morgan fingerprint density at radius 2 is 1.50 bits per heavy atom. The van der Waals surface area contributed by atoms with Gasteiger partial charge in [0.15, 0.2) is 0 Å². The number of hydrogen-bond donors (Lipinski definition) is 2. The van der Waals surface area contributed by atoms with E-state index in [9.17, 15) is 0 Å². The zero-order chi connectivity index (χ0) is 11.8. The molecule has 1 aliphatic heterocycles. The van der Waals surface area contributed by atoms with E-state index >= 15 is 0 Å². The fourth-order valence-corrected chi connectivity index (χ4v) is 2.02. The Kier molecular flexibility index (Phi) is 6.96. The standard InChI is InChI=1S/C12H28N4.2H2/c1-12(2)14-5-7-16-10-8-15(9-11-16)6-4-13-3;;/h12-14H,4-11H2,1-3H3;2*1H. The van der Waals surface area contributed by atoms with Crippen molar-refractivity contribution in [2.24, 2.45) is 0 Å². The first-order valence-corrected chi connectivity index (χ1v) is 6.55. The van der Waals surface area contributed by atoms with Gasteiger partial charge in [-0.1, -0.05) is 13.8 Å². The number of likely N-dealkylation sites (N-methyl/N-ethyl adjacent to an activating group) is 1. The first-order valence-electron chi connectivity index (χ1n) is 6.55. The van der Waals surface area contributed by atoms with Crippen LogP contribution in [0.1, 0.15) is 16.7 Å². The zero-order valence-electron chi connectivity index (χ0n) is 11.1. The molecule has 0 aromatic carbocycles. The van der Waals surface area contributed by atoms with Crippen LogP contribution in [-0.4, -0.2) is 75.2 Å². The molecule has 2 N–H and O–H groups in total. The summed E-state index contributed by atoms with van der Waals surface area (Å²) >= 11 is 0. The van der Waals surface area contributed by atoms with Crippen LogP contribution in [-0.2, 0) is 0 Å². The number of nitrogens with one attached hydrogen (secondary N) is 2. The molecule has 1 rings (SSSR count). The molecule has 0 saturated carbocycles. The number of hydrogen-bond acceptors (Lipinski definition) is 4. The molecule has 1 heterocycles. The van der Waals surface area contributed by atoms with Crippen molar-refractivity contribution in [3.8, 4) is 0 Å². The van der Waals surface area contributed by atoms with Crippen LogP contribution in [0.3, 0.4) is 0 Å². The van der Waals surface area contributed by atoms with Crippen LogP contribution in [0, 0.1) is 0 Å². The Morgan fingerprint density at radius 3 is 1.94 bits per heavy atom. The van der Waals surface area contributed by atoms with Crippen molar-refractivity contribution in [1.29, 1.82) is 0 Å². The van der Waals surface area contributed by atoms with Gasteiger partial charge in [0.25, 0.3) is 0 Å². The molecule has 0 radical (unpaired) electrons. The monoisotopic (exact) mass is 232 g/mol. The van der Waals surface area contributed by atoms with Gasteiger partial charge in [0, 0.05) is 61.3 Å². The lowest BCUT2D eigenvalue weighted by Gasteiger charge is -2.34. The fraction of sp³-hybridized carbons (Fsp3) is 1.00. The zero-order valence-corrected chi connectivity index (χ0v) is 11.1. The van der Waals surface area contributed by atoms with Gasteiger partial charge >= 0.3 is 0 Å². The summed E-state index contributed by atoms with van der Waals surface area (Å²) in [5, 5.41) is 6.68. The highest BCUT2D eigenvalue weighted by molar-refractivity contribution is 4.73. The first-order chi connectivity index (χ1) is 7.72. The second-order valence-corrected chi connectivity index (χ2v) is 4.90. The average molecular weight is 232 g/mol. The number of rotatable bonds is 7. The van der Waals surface area contributed by atoms with Crippen molar-refractivity contribution in [3.05, 3.63) is 0 Å². The molecular formula is C12H32N4. The third-order valence-electron chi connectivity index (χ3n) is 3.12. The maximum Gasteiger partial charge on any atom is 0.0110 e. The molecule has 0 atom stereocenters. The van der Waals surface area contributed by atoms with E-state index in [-0.39, 0.29) is 2.85 Å². The van der Waals surface area contributed by atoms with E-state index in [1.165, 1.54) is 39.3 Å². The summed E-state index contributed by atoms with van der Waals surface area (Å²) in [6.45, 7) is 13.9. The lowest BCUT2D eigenvalue weighted by Crippen LogP contribution is -2.49. The summed E-state index contributed by atoms with van der Waals surface area (Å²) in [6, 6.07) is 0.608. The summed E-state index contributed by atoms with van der Waals surface area (Å²) in [6.07, 6.45) is 0. The van der Waals surface area contributed by atoms with Gasteiger partial charge in [-0.05, 0) is 7.05 Å². The molecular weight excluding hydrogens is 200 g/mol. The maximum absolute atomic E-state index is 3.47. The maximum atomic E-state index is 3.47. The van der Waals surface area contributed by atoms with Crippen LogP contribution in [0.25, 0.3) is 0 Å². The van der Waals surface area contributed by atoms with Crippen LogP contribution >= 0.6 is 0 Å². The van der Waals surface area contributed by atoms with Crippen molar-refractivity contribution < 1.29 is 2.85 Å². The molecule has 0 bridgehead atoms. The van der Waals surface area contributed by atoms with Crippen molar-refractivity contribution in [2.45, 2.75) is 19.9 Å². The van der Waals surface area contributed by atoms with E-state index in [0.717, 1.165) is 13.1 Å². The Hall–Kier alpha value is -0.160. The van der Waals surface area contributed by atoms with Crippen molar-refractivity contribution in [1.82, 2.24) is 20.4 Å². The van der Waals surface area contributed by atoms with Gasteiger partial charge in [0.05, 0.1) is 0 Å². The molecule has 100 valence electrons. The third kappa shape index (κ3) is 5.80. The number of nitrogens with zero attached hydrogens (tertiary/aromatic N) is 2. The van der Waals surface area contributed by atoms with E-state index < -0.39 is 0 Å². The van der Waals surface area contributed by atoms with Crippen LogP contribution in [0.5, 0.6) is 0 Å². The Morgan fingerprint density at radius 1 is 1.00 bits per heavy atom. The van der Waals surface area contributed by atoms with Gasteiger partial charge in [-0.15, -0.1) is 0 Å². The summed E-state index contributed by atoms with van der Waals surface area (Å²) < 4.78 is 0. The Balaban J connectivity index is 0. The molecule has 0 amide bonds. The lowest BCUT2D eigenvalue weighted by molar-refractivity contribution is 0.133. The van der Waals surface area contributed by atoms with Gasteiger partial charge in [0.2, 0.25) is 0 Å². The predicted octanol–water partition coefficient (Wildman–Crippen LogP) is 0.313. The highest BCUT2D eigenvalue weighted by Gasteiger charge is 2.15. The van der Waals surface area contributed by atoms with E-state index in [0.29, 0.717) is 6.04 Å². The molecule has 1 aliphatic rings. The molecule has 4 heteroatoms. The second kappa shape index (κ2) is 8.01. The minimum Gasteiger partial charge on any atom is -0.318 e. The van der Waals surface area contributed by atoms with Gasteiger partial charge < -0.3 is 10.6 Å². The van der Waals surface area contributed by atoms with Crippen LogP contribution in [0.15, 0.2) is 0 Å². The van der Waals surface area contributed by atoms with E-state index in [4.69, 9.17) is 0 Å². The van der Waals surface area contributed by atoms with Gasteiger partial charge in [-0.2, -0.15) is 0 Å². The van der Waals surface area contributed by atoms with Crippen LogP contribution in [0.2, 0.25) is 0 Å². The van der Waals surface area contributed by atoms with Crippen LogP contribution < -0.4 is 10.6 Å². The van der Waals surface area contributed by atoms with E-state index in [2.05, 4.69) is 34.3 Å². The fourth-order valence-electron chi connectivity index (χ4n) is 2.02. The van der Waals surface area contributed by atoms with Crippen molar-refractivity contribution in [2.75, 3.05) is 59.4 Å². The Labute approximate surface area is 103 Å². The molecule has 1 fully saturated rings. The normalized spacial score (nSPS) is 19.5. The molecule has 0 aromatic rings. The summed E-state index contributed by atoms with van der Waals surface area (Å²) in [7, 11) is 2.02. The molecule has 1 saturated heterocycles. The van der Waals surface area contributed by atoms with Gasteiger partial charge in [-0.3, -0.25) is 9.80 Å². The molecule has 0 aromatic heterocycles. The topological polar surface area (TPSA) is 30.5 Å². The highest BCUT2D eigenvalue weighted by Crippen LogP contribution is 2.00. The average Bonchev–Trinajstić information content (AvgIpc) is 2.27. The van der Waals surface area contributed by atoms with Gasteiger partial charge in [0.1, 0.15) is 0 Å². The first kappa shape index (κ1) is 13.9. The van der Waals surface area contributed by atoms with Gasteiger partial charge in [-0.25, -0.2) is 0 Å². The molecule has 0 spiro atoms. The predicted molar refractivity (Wildman–Crippen MR) is 74.2 cm³/mol. The largest absolute Gasteiger partial charge is 0.318 e. The molecule has 0 unspecified atom stereocenters. The van der Waals surface area contributed by atoms with Crippen LogP contribution in [0.4, 0.5) is 0 Å². The van der Waals surface area contributed by atoms with Crippen molar-refractivity contribution in [3.63, 3.8) is 0 Å². The van der Waals surface area contributed by atoms with Crippen molar-refractivity contribution >= 4 is 0 Å².